The van der Waals surface area contributed by atoms with Gasteiger partial charge in [0.15, 0.2) is 17.3 Å². The third kappa shape index (κ3) is 3.50. The lowest BCUT2D eigenvalue weighted by Crippen LogP contribution is -2.37. The predicted molar refractivity (Wildman–Crippen MR) is 97.8 cm³/mol. The van der Waals surface area contributed by atoms with E-state index in [4.69, 9.17) is 9.47 Å². The third-order valence-electron chi connectivity index (χ3n) is 4.54. The molecule has 0 aromatic heterocycles. The number of halogens is 1. The smallest absolute Gasteiger partial charge is 0.231 e. The van der Waals surface area contributed by atoms with Crippen molar-refractivity contribution in [3.63, 3.8) is 0 Å². The first kappa shape index (κ1) is 18.6. The number of allylic oxidation sites excluding steroid dienone is 2. The zero-order valence-corrected chi connectivity index (χ0v) is 15.0. The van der Waals surface area contributed by atoms with E-state index in [1.165, 1.54) is 0 Å². The van der Waals surface area contributed by atoms with Crippen LogP contribution in [0.15, 0.2) is 36.4 Å². The van der Waals surface area contributed by atoms with Gasteiger partial charge in [-0.05, 0) is 62.7 Å². The van der Waals surface area contributed by atoms with Crippen molar-refractivity contribution in [2.24, 2.45) is 5.41 Å². The van der Waals surface area contributed by atoms with Crippen molar-refractivity contribution in [1.29, 1.82) is 0 Å². The van der Waals surface area contributed by atoms with E-state index in [1.54, 1.807) is 0 Å². The molecule has 1 atom stereocenters. The quantitative estimate of drug-likeness (QED) is 0.600. The van der Waals surface area contributed by atoms with Crippen LogP contribution in [0.1, 0.15) is 24.8 Å². The van der Waals surface area contributed by atoms with Gasteiger partial charge >= 0.3 is 0 Å². The maximum atomic E-state index is 13.0. The van der Waals surface area contributed by atoms with Crippen LogP contribution < -0.4 is 9.47 Å². The summed E-state index contributed by atoms with van der Waals surface area (Å²) in [5, 5.41) is 0. The second-order valence-electron chi connectivity index (χ2n) is 6.62. The molecule has 0 amide bonds. The van der Waals surface area contributed by atoms with E-state index in [1.807, 2.05) is 44.4 Å². The molecule has 2 aliphatic rings. The lowest BCUT2D eigenvalue weighted by Gasteiger charge is -2.29. The molecule has 1 unspecified atom stereocenters. The summed E-state index contributed by atoms with van der Waals surface area (Å²) in [4.78, 5) is 15.1. The number of carbonyl (C=O) groups excluding carboxylic acids is 1. The van der Waals surface area contributed by atoms with Gasteiger partial charge in [0.2, 0.25) is 6.79 Å². The number of carbonyl (C=O) groups is 1. The lowest BCUT2D eigenvalue weighted by molar-refractivity contribution is -0.123. The number of nitrogens with zero attached hydrogens (tertiary/aromatic N) is 1. The van der Waals surface area contributed by atoms with Crippen molar-refractivity contribution in [3.8, 4) is 11.5 Å². The average molecular weight is 350 g/mol. The molecular formula is C19H24ClNO3. The molecule has 1 fully saturated rings. The molecule has 1 aliphatic carbocycles. The minimum atomic E-state index is -0.326. The van der Waals surface area contributed by atoms with Gasteiger partial charge in [0.05, 0.1) is 0 Å². The maximum Gasteiger partial charge on any atom is 0.231 e. The largest absolute Gasteiger partial charge is 0.454 e. The molecule has 24 heavy (non-hydrogen) atoms. The first-order chi connectivity index (χ1) is 11.0. The minimum Gasteiger partial charge on any atom is -0.454 e. The van der Waals surface area contributed by atoms with Gasteiger partial charge in [-0.15, -0.1) is 19.0 Å². The van der Waals surface area contributed by atoms with Crippen LogP contribution in [-0.4, -0.2) is 38.1 Å². The Kier molecular flexibility index (Phi) is 5.73. The highest BCUT2D eigenvalue weighted by Crippen LogP contribution is 2.43. The standard InChI is InChI=1S/C19H23NO3.ClH/c1-4-8-19(12-20(2)3)9-7-15(18(19)21)10-14-5-6-16-17(11-14)23-13-22-16;/h4-6,10-11H,1,7-9,12-13H2,2-3H3;1H/b15-10+;. The summed E-state index contributed by atoms with van der Waals surface area (Å²) in [5.41, 5.74) is 1.55. The SMILES string of the molecule is C=CCC1(CN(C)C)CC/C(=C\c2ccc3c(c2)OCO3)C1=O.Cl. The van der Waals surface area contributed by atoms with Crippen molar-refractivity contribution in [2.45, 2.75) is 19.3 Å². The molecule has 4 nitrogen and oxygen atoms in total. The van der Waals surface area contributed by atoms with Crippen LogP contribution in [0.3, 0.4) is 0 Å². The normalized spacial score (nSPS) is 23.6. The van der Waals surface area contributed by atoms with Crippen molar-refractivity contribution in [3.05, 3.63) is 42.0 Å². The number of hydrogen-bond acceptors (Lipinski definition) is 4. The molecule has 1 saturated carbocycles. The molecule has 1 aromatic carbocycles. The van der Waals surface area contributed by atoms with Crippen LogP contribution in [0.5, 0.6) is 11.5 Å². The molecule has 1 aliphatic heterocycles. The molecule has 0 N–H and O–H groups in total. The van der Waals surface area contributed by atoms with Crippen molar-refractivity contribution >= 4 is 24.3 Å². The van der Waals surface area contributed by atoms with Crippen molar-refractivity contribution in [1.82, 2.24) is 4.90 Å². The third-order valence-corrected chi connectivity index (χ3v) is 4.54. The Balaban J connectivity index is 0.00000208. The molecule has 3 rings (SSSR count). The summed E-state index contributed by atoms with van der Waals surface area (Å²) < 4.78 is 10.7. The Morgan fingerprint density at radius 1 is 1.29 bits per heavy atom. The molecule has 1 heterocycles. The van der Waals surface area contributed by atoms with E-state index >= 15 is 0 Å². The molecular weight excluding hydrogens is 326 g/mol. The monoisotopic (exact) mass is 349 g/mol. The van der Waals surface area contributed by atoms with Crippen LogP contribution in [0.4, 0.5) is 0 Å². The highest BCUT2D eigenvalue weighted by atomic mass is 35.5. The van der Waals surface area contributed by atoms with Gasteiger partial charge in [0.1, 0.15) is 0 Å². The Labute approximate surface area is 149 Å². The number of fused-ring (bicyclic) bond motifs is 1. The Morgan fingerprint density at radius 2 is 2.04 bits per heavy atom. The fourth-order valence-corrected chi connectivity index (χ4v) is 3.58. The van der Waals surface area contributed by atoms with Gasteiger partial charge < -0.3 is 14.4 Å². The fraction of sp³-hybridized carbons (Fsp3) is 0.421. The van der Waals surface area contributed by atoms with Gasteiger partial charge in [0, 0.05) is 12.0 Å². The van der Waals surface area contributed by atoms with Gasteiger partial charge in [-0.25, -0.2) is 0 Å². The Hall–Kier alpha value is -1.78. The number of hydrogen-bond donors (Lipinski definition) is 0. The zero-order valence-electron chi connectivity index (χ0n) is 14.2. The van der Waals surface area contributed by atoms with E-state index in [0.717, 1.165) is 48.4 Å². The summed E-state index contributed by atoms with van der Waals surface area (Å²) in [5.74, 6) is 1.76. The second kappa shape index (κ2) is 7.41. The van der Waals surface area contributed by atoms with Crippen LogP contribution in [0.2, 0.25) is 0 Å². The number of benzene rings is 1. The van der Waals surface area contributed by atoms with Crippen molar-refractivity contribution < 1.29 is 14.3 Å². The van der Waals surface area contributed by atoms with Crippen LogP contribution in [0, 0.1) is 5.41 Å². The van der Waals surface area contributed by atoms with Gasteiger partial charge in [-0.1, -0.05) is 12.1 Å². The lowest BCUT2D eigenvalue weighted by atomic mass is 9.81. The molecule has 0 saturated heterocycles. The topological polar surface area (TPSA) is 38.8 Å². The molecule has 0 bridgehead atoms. The Morgan fingerprint density at radius 3 is 2.75 bits per heavy atom. The maximum absolute atomic E-state index is 13.0. The number of ether oxygens (including phenoxy) is 2. The van der Waals surface area contributed by atoms with Crippen LogP contribution in [0.25, 0.3) is 6.08 Å². The predicted octanol–water partition coefficient (Wildman–Crippen LogP) is 3.71. The number of Topliss-reactive ketones (excluding diaryl/α,β-unsaturated/α-hetero) is 1. The number of rotatable bonds is 5. The summed E-state index contributed by atoms with van der Waals surface area (Å²) in [6.07, 6.45) is 6.28. The molecule has 5 heteroatoms. The van der Waals surface area contributed by atoms with E-state index in [2.05, 4.69) is 11.5 Å². The van der Waals surface area contributed by atoms with Gasteiger partial charge in [-0.3, -0.25) is 4.79 Å². The van der Waals surface area contributed by atoms with Crippen LogP contribution >= 0.6 is 12.4 Å². The zero-order chi connectivity index (χ0) is 16.4. The van der Waals surface area contributed by atoms with E-state index in [9.17, 15) is 4.79 Å². The van der Waals surface area contributed by atoms with Crippen LogP contribution in [-0.2, 0) is 4.79 Å². The second-order valence-corrected chi connectivity index (χ2v) is 6.62. The summed E-state index contributed by atoms with van der Waals surface area (Å²) in [6.45, 7) is 4.86. The molecule has 130 valence electrons. The highest BCUT2D eigenvalue weighted by molar-refractivity contribution is 6.05. The van der Waals surface area contributed by atoms with E-state index in [-0.39, 0.29) is 30.4 Å². The van der Waals surface area contributed by atoms with Gasteiger partial charge in [-0.2, -0.15) is 0 Å². The summed E-state index contributed by atoms with van der Waals surface area (Å²) in [6, 6.07) is 5.79. The Bertz CT molecular complexity index is 669. The van der Waals surface area contributed by atoms with Crippen molar-refractivity contribution in [2.75, 3.05) is 27.4 Å². The van der Waals surface area contributed by atoms with E-state index < -0.39 is 0 Å². The molecule has 0 radical (unpaired) electrons. The first-order valence-electron chi connectivity index (χ1n) is 7.95. The average Bonchev–Trinajstić information content (AvgIpc) is 3.07. The molecule has 1 aromatic rings. The van der Waals surface area contributed by atoms with Gasteiger partial charge in [0.25, 0.3) is 0 Å². The minimum absolute atomic E-state index is 0. The highest BCUT2D eigenvalue weighted by Gasteiger charge is 2.44. The molecule has 0 spiro atoms. The summed E-state index contributed by atoms with van der Waals surface area (Å²) >= 11 is 0. The number of ketones is 1. The first-order valence-corrected chi connectivity index (χ1v) is 7.95. The van der Waals surface area contributed by atoms with E-state index in [0.29, 0.717) is 0 Å². The summed E-state index contributed by atoms with van der Waals surface area (Å²) in [7, 11) is 4.02. The fourth-order valence-electron chi connectivity index (χ4n) is 3.58.